The highest BCUT2D eigenvalue weighted by Gasteiger charge is 2.33. The molecule has 8 heteroatoms. The Balaban J connectivity index is 0.00000400. The lowest BCUT2D eigenvalue weighted by molar-refractivity contribution is -0.140. The summed E-state index contributed by atoms with van der Waals surface area (Å²) in [6.45, 7) is 1.54. The Morgan fingerprint density at radius 2 is 1.58 bits per heavy atom. The first-order chi connectivity index (χ1) is 17.7. The SMILES string of the molecule is Cl.O=C(O)CCc1cc(-c2cc(CCNCCc3cccc(Cl)c3)cc3ccccc23)ccc1C(F)(F)F. The van der Waals surface area contributed by atoms with Crippen LogP contribution < -0.4 is 5.32 Å². The van der Waals surface area contributed by atoms with Crippen LogP contribution in [0.15, 0.2) is 78.9 Å². The smallest absolute Gasteiger partial charge is 0.416 e. The average Bonchev–Trinajstić information content (AvgIpc) is 2.86. The fourth-order valence-electron chi connectivity index (χ4n) is 4.53. The first kappa shape index (κ1) is 29.5. The number of halogens is 5. The van der Waals surface area contributed by atoms with Gasteiger partial charge in [-0.15, -0.1) is 12.4 Å². The number of rotatable bonds is 10. The fraction of sp³-hybridized carbons (Fsp3) is 0.233. The molecule has 2 N–H and O–H groups in total. The molecule has 4 aromatic carbocycles. The maximum Gasteiger partial charge on any atom is 0.416 e. The second-order valence-corrected chi connectivity index (χ2v) is 9.44. The van der Waals surface area contributed by atoms with Gasteiger partial charge in [0.25, 0.3) is 0 Å². The molecule has 0 spiro atoms. The van der Waals surface area contributed by atoms with E-state index in [9.17, 15) is 18.0 Å². The normalized spacial score (nSPS) is 11.4. The van der Waals surface area contributed by atoms with Crippen molar-refractivity contribution in [3.63, 3.8) is 0 Å². The van der Waals surface area contributed by atoms with Crippen LogP contribution in [-0.2, 0) is 30.2 Å². The van der Waals surface area contributed by atoms with E-state index in [0.29, 0.717) is 5.56 Å². The first-order valence-corrected chi connectivity index (χ1v) is 12.5. The van der Waals surface area contributed by atoms with Gasteiger partial charge in [0.05, 0.1) is 5.56 Å². The third-order valence-electron chi connectivity index (χ3n) is 6.32. The van der Waals surface area contributed by atoms with E-state index in [-0.39, 0.29) is 30.8 Å². The molecule has 0 aliphatic heterocycles. The van der Waals surface area contributed by atoms with Crippen molar-refractivity contribution in [3.8, 4) is 11.1 Å². The predicted octanol–water partition coefficient (Wildman–Crippen LogP) is 7.99. The van der Waals surface area contributed by atoms with Crippen LogP contribution >= 0.6 is 24.0 Å². The summed E-state index contributed by atoms with van der Waals surface area (Å²) < 4.78 is 40.8. The van der Waals surface area contributed by atoms with Gasteiger partial charge in [-0.25, -0.2) is 0 Å². The average molecular weight is 562 g/mol. The molecule has 0 heterocycles. The first-order valence-electron chi connectivity index (χ1n) is 12.1. The largest absolute Gasteiger partial charge is 0.481 e. The number of aliphatic carboxylic acids is 1. The summed E-state index contributed by atoms with van der Waals surface area (Å²) in [4.78, 5) is 11.1. The summed E-state index contributed by atoms with van der Waals surface area (Å²) in [5, 5.41) is 15.1. The minimum atomic E-state index is -4.55. The molecular formula is C30H28Cl2F3NO2. The standard InChI is InChI=1S/C30H27ClF3NO2.ClH/c31-25-6-3-4-20(17-25)12-14-35-15-13-21-16-22-5-1-2-7-26(22)27(18-21)23-8-10-28(30(32,33)34)24(19-23)9-11-29(36)37;/h1-8,10,16-19,35H,9,11-15H2,(H,36,37);1H. The highest BCUT2D eigenvalue weighted by molar-refractivity contribution is 6.30. The van der Waals surface area contributed by atoms with Crippen molar-refractivity contribution in [1.29, 1.82) is 0 Å². The highest BCUT2D eigenvalue weighted by Crippen LogP contribution is 2.37. The monoisotopic (exact) mass is 561 g/mol. The topological polar surface area (TPSA) is 49.3 Å². The number of hydrogen-bond donors (Lipinski definition) is 2. The number of hydrogen-bond acceptors (Lipinski definition) is 2. The molecule has 0 aromatic heterocycles. The van der Waals surface area contributed by atoms with Crippen molar-refractivity contribution in [2.45, 2.75) is 31.9 Å². The van der Waals surface area contributed by atoms with Crippen molar-refractivity contribution in [2.24, 2.45) is 0 Å². The van der Waals surface area contributed by atoms with E-state index in [0.717, 1.165) is 64.5 Å². The van der Waals surface area contributed by atoms with Gasteiger partial charge in [0.2, 0.25) is 0 Å². The lowest BCUT2D eigenvalue weighted by Crippen LogP contribution is -2.20. The van der Waals surface area contributed by atoms with Gasteiger partial charge in [-0.05, 0) is 89.1 Å². The molecule has 0 saturated carbocycles. The van der Waals surface area contributed by atoms with Crippen LogP contribution in [0, 0.1) is 0 Å². The van der Waals surface area contributed by atoms with Crippen LogP contribution in [0.2, 0.25) is 5.02 Å². The Labute approximate surface area is 231 Å². The van der Waals surface area contributed by atoms with Crippen molar-refractivity contribution < 1.29 is 23.1 Å². The molecule has 38 heavy (non-hydrogen) atoms. The molecule has 4 rings (SSSR count). The summed E-state index contributed by atoms with van der Waals surface area (Å²) in [6, 6.07) is 23.7. The van der Waals surface area contributed by atoms with Crippen molar-refractivity contribution in [3.05, 3.63) is 106 Å². The van der Waals surface area contributed by atoms with E-state index < -0.39 is 17.7 Å². The van der Waals surface area contributed by atoms with Crippen LogP contribution in [0.25, 0.3) is 21.9 Å². The number of alkyl halides is 3. The Morgan fingerprint density at radius 3 is 2.29 bits per heavy atom. The second kappa shape index (κ2) is 13.1. The molecule has 0 unspecified atom stereocenters. The molecule has 3 nitrogen and oxygen atoms in total. The molecule has 0 saturated heterocycles. The molecule has 0 fully saturated rings. The zero-order valence-corrected chi connectivity index (χ0v) is 22.1. The second-order valence-electron chi connectivity index (χ2n) is 9.01. The van der Waals surface area contributed by atoms with Gasteiger partial charge >= 0.3 is 12.1 Å². The minimum Gasteiger partial charge on any atom is -0.481 e. The van der Waals surface area contributed by atoms with Gasteiger partial charge in [0, 0.05) is 11.4 Å². The van der Waals surface area contributed by atoms with Crippen molar-refractivity contribution >= 4 is 40.7 Å². The van der Waals surface area contributed by atoms with Crippen molar-refractivity contribution in [1.82, 2.24) is 5.32 Å². The number of fused-ring (bicyclic) bond motifs is 1. The number of benzene rings is 4. The van der Waals surface area contributed by atoms with Crippen LogP contribution in [-0.4, -0.2) is 24.2 Å². The van der Waals surface area contributed by atoms with Gasteiger partial charge in [-0.2, -0.15) is 13.2 Å². The number of carbonyl (C=O) groups is 1. The van der Waals surface area contributed by atoms with Crippen LogP contribution in [0.3, 0.4) is 0 Å². The molecule has 0 aliphatic carbocycles. The Kier molecular flexibility index (Phi) is 10.2. The van der Waals surface area contributed by atoms with E-state index in [1.807, 2.05) is 54.6 Å². The number of aryl methyl sites for hydroxylation is 1. The maximum absolute atomic E-state index is 13.6. The van der Waals surface area contributed by atoms with Crippen LogP contribution in [0.4, 0.5) is 13.2 Å². The van der Waals surface area contributed by atoms with E-state index in [1.54, 1.807) is 0 Å². The molecule has 0 amide bonds. The van der Waals surface area contributed by atoms with Gasteiger partial charge < -0.3 is 10.4 Å². The summed E-state index contributed by atoms with van der Waals surface area (Å²) >= 11 is 6.05. The summed E-state index contributed by atoms with van der Waals surface area (Å²) in [6.07, 6.45) is -3.50. The Morgan fingerprint density at radius 1 is 0.842 bits per heavy atom. The zero-order chi connectivity index (χ0) is 26.4. The Bertz CT molecular complexity index is 1410. The molecule has 0 aliphatic rings. The fourth-order valence-corrected chi connectivity index (χ4v) is 4.74. The third-order valence-corrected chi connectivity index (χ3v) is 6.56. The van der Waals surface area contributed by atoms with Gasteiger partial charge in [-0.1, -0.05) is 72.3 Å². The zero-order valence-electron chi connectivity index (χ0n) is 20.5. The van der Waals surface area contributed by atoms with Gasteiger partial charge in [0.1, 0.15) is 0 Å². The molecule has 0 radical (unpaired) electrons. The van der Waals surface area contributed by atoms with Crippen LogP contribution in [0.5, 0.6) is 0 Å². The van der Waals surface area contributed by atoms with Gasteiger partial charge in [0.15, 0.2) is 0 Å². The van der Waals surface area contributed by atoms with Crippen LogP contribution in [0.1, 0.15) is 28.7 Å². The van der Waals surface area contributed by atoms with E-state index >= 15 is 0 Å². The summed E-state index contributed by atoms with van der Waals surface area (Å²) in [5.74, 6) is -1.13. The summed E-state index contributed by atoms with van der Waals surface area (Å²) in [7, 11) is 0. The van der Waals surface area contributed by atoms with E-state index in [4.69, 9.17) is 16.7 Å². The molecule has 0 atom stereocenters. The number of nitrogens with one attached hydrogen (secondary N) is 1. The third kappa shape index (κ3) is 7.73. The Hall–Kier alpha value is -3.06. The molecular weight excluding hydrogens is 534 g/mol. The quantitative estimate of drug-likeness (QED) is 0.193. The predicted molar refractivity (Wildman–Crippen MR) is 149 cm³/mol. The van der Waals surface area contributed by atoms with Crippen molar-refractivity contribution in [2.75, 3.05) is 13.1 Å². The van der Waals surface area contributed by atoms with E-state index in [1.165, 1.54) is 12.1 Å². The molecule has 0 bridgehead atoms. The number of carboxylic acids is 1. The molecule has 200 valence electrons. The van der Waals surface area contributed by atoms with Gasteiger partial charge in [-0.3, -0.25) is 4.79 Å². The van der Waals surface area contributed by atoms with E-state index in [2.05, 4.69) is 11.4 Å². The minimum absolute atomic E-state index is 0. The number of carboxylic acid groups (broad SMARTS) is 1. The lowest BCUT2D eigenvalue weighted by Gasteiger charge is -2.16. The highest BCUT2D eigenvalue weighted by atomic mass is 35.5. The maximum atomic E-state index is 13.6. The molecule has 4 aromatic rings. The lowest BCUT2D eigenvalue weighted by atomic mass is 9.91. The summed E-state index contributed by atoms with van der Waals surface area (Å²) in [5.41, 5.74) is 2.90.